The fourth-order valence-electron chi connectivity index (χ4n) is 3.38. The number of halogens is 1. The van der Waals surface area contributed by atoms with Crippen molar-refractivity contribution in [2.45, 2.75) is 31.8 Å². The maximum atomic E-state index is 13.1. The van der Waals surface area contributed by atoms with Crippen LogP contribution >= 0.6 is 0 Å². The van der Waals surface area contributed by atoms with Gasteiger partial charge in [0.25, 0.3) is 0 Å². The first-order chi connectivity index (χ1) is 12.2. The molecule has 2 aliphatic rings. The Labute approximate surface area is 148 Å². The van der Waals surface area contributed by atoms with Gasteiger partial charge in [-0.2, -0.15) is 0 Å². The molecule has 1 aromatic carbocycles. The van der Waals surface area contributed by atoms with Crippen LogP contribution < -0.4 is 4.74 Å². The zero-order valence-electron chi connectivity index (χ0n) is 14.7. The average Bonchev–Trinajstić information content (AvgIpc) is 3.12. The lowest BCUT2D eigenvalue weighted by Crippen LogP contribution is -2.50. The molecule has 6 heteroatoms. The van der Waals surface area contributed by atoms with Crippen molar-refractivity contribution in [3.8, 4) is 5.75 Å². The number of nitrogens with zero attached hydrogens (tertiary/aromatic N) is 2. The standard InChI is InChI=1S/C19H27FN2O3/c20-16-4-1-5-17(14-16)24-13-3-7-19(23)22-10-8-21(9-11-22)15-18-6-2-12-25-18/h1,4-5,14,18H,2-3,6-13,15H2. The lowest BCUT2D eigenvalue weighted by molar-refractivity contribution is -0.133. The summed E-state index contributed by atoms with van der Waals surface area (Å²) in [5.74, 6) is 0.379. The molecule has 2 heterocycles. The number of ether oxygens (including phenoxy) is 2. The molecule has 0 aliphatic carbocycles. The van der Waals surface area contributed by atoms with E-state index in [9.17, 15) is 9.18 Å². The van der Waals surface area contributed by atoms with Crippen molar-refractivity contribution in [1.29, 1.82) is 0 Å². The Bertz CT molecular complexity index is 555. The average molecular weight is 350 g/mol. The quantitative estimate of drug-likeness (QED) is 0.708. The molecule has 0 saturated carbocycles. The van der Waals surface area contributed by atoms with E-state index in [2.05, 4.69) is 4.90 Å². The summed E-state index contributed by atoms with van der Waals surface area (Å²) in [6, 6.07) is 6.08. The van der Waals surface area contributed by atoms with Crippen molar-refractivity contribution in [2.24, 2.45) is 0 Å². The van der Waals surface area contributed by atoms with Gasteiger partial charge < -0.3 is 14.4 Å². The van der Waals surface area contributed by atoms with Gasteiger partial charge in [0.15, 0.2) is 0 Å². The molecule has 3 rings (SSSR count). The highest BCUT2D eigenvalue weighted by Crippen LogP contribution is 2.15. The van der Waals surface area contributed by atoms with Crippen LogP contribution in [0.5, 0.6) is 5.75 Å². The minimum atomic E-state index is -0.311. The molecule has 1 amide bonds. The van der Waals surface area contributed by atoms with Crippen molar-refractivity contribution < 1.29 is 18.7 Å². The number of hydrogen-bond acceptors (Lipinski definition) is 4. The van der Waals surface area contributed by atoms with E-state index in [0.29, 0.717) is 31.3 Å². The number of benzene rings is 1. The molecule has 1 aromatic rings. The van der Waals surface area contributed by atoms with E-state index in [-0.39, 0.29) is 11.7 Å². The van der Waals surface area contributed by atoms with E-state index in [4.69, 9.17) is 9.47 Å². The van der Waals surface area contributed by atoms with Gasteiger partial charge in [0, 0.05) is 51.8 Å². The first-order valence-corrected chi connectivity index (χ1v) is 9.21. The van der Waals surface area contributed by atoms with Crippen LogP contribution in [0.25, 0.3) is 0 Å². The molecule has 1 unspecified atom stereocenters. The molecule has 0 radical (unpaired) electrons. The van der Waals surface area contributed by atoms with Crippen molar-refractivity contribution in [3.63, 3.8) is 0 Å². The Balaban J connectivity index is 1.30. The molecule has 2 saturated heterocycles. The van der Waals surface area contributed by atoms with Crippen LogP contribution in [0.3, 0.4) is 0 Å². The van der Waals surface area contributed by atoms with Gasteiger partial charge in [-0.1, -0.05) is 6.07 Å². The Morgan fingerprint density at radius 2 is 2.12 bits per heavy atom. The Hall–Kier alpha value is -1.66. The summed E-state index contributed by atoms with van der Waals surface area (Å²) in [4.78, 5) is 16.6. The second-order valence-electron chi connectivity index (χ2n) is 6.73. The van der Waals surface area contributed by atoms with Crippen molar-refractivity contribution in [1.82, 2.24) is 9.80 Å². The zero-order valence-corrected chi connectivity index (χ0v) is 14.7. The van der Waals surface area contributed by atoms with Crippen LogP contribution in [0.15, 0.2) is 24.3 Å². The summed E-state index contributed by atoms with van der Waals surface area (Å²) in [5.41, 5.74) is 0. The second kappa shape index (κ2) is 9.15. The molecule has 138 valence electrons. The summed E-state index contributed by atoms with van der Waals surface area (Å²) >= 11 is 0. The Morgan fingerprint density at radius 3 is 2.84 bits per heavy atom. The number of amides is 1. The molecule has 0 bridgehead atoms. The first kappa shape index (κ1) is 18.1. The molecule has 0 spiro atoms. The smallest absolute Gasteiger partial charge is 0.222 e. The van der Waals surface area contributed by atoms with E-state index in [1.807, 2.05) is 4.90 Å². The normalized spacial score (nSPS) is 21.5. The van der Waals surface area contributed by atoms with Crippen molar-refractivity contribution >= 4 is 5.91 Å². The first-order valence-electron chi connectivity index (χ1n) is 9.21. The number of rotatable bonds is 7. The maximum Gasteiger partial charge on any atom is 0.222 e. The highest BCUT2D eigenvalue weighted by atomic mass is 19.1. The van der Waals surface area contributed by atoms with Crippen LogP contribution in [0.2, 0.25) is 0 Å². The predicted octanol–water partition coefficient (Wildman–Crippen LogP) is 2.31. The van der Waals surface area contributed by atoms with E-state index < -0.39 is 0 Å². The fraction of sp³-hybridized carbons (Fsp3) is 0.632. The lowest BCUT2D eigenvalue weighted by atomic mass is 10.2. The number of hydrogen-bond donors (Lipinski definition) is 0. The molecular formula is C19H27FN2O3. The van der Waals surface area contributed by atoms with E-state index in [1.54, 1.807) is 12.1 Å². The van der Waals surface area contributed by atoms with Gasteiger partial charge in [-0.25, -0.2) is 4.39 Å². The summed E-state index contributed by atoms with van der Waals surface area (Å²) < 4.78 is 24.2. The lowest BCUT2D eigenvalue weighted by Gasteiger charge is -2.35. The third-order valence-electron chi connectivity index (χ3n) is 4.81. The van der Waals surface area contributed by atoms with Crippen LogP contribution in [0.4, 0.5) is 4.39 Å². The van der Waals surface area contributed by atoms with Gasteiger partial charge in [-0.15, -0.1) is 0 Å². The van der Waals surface area contributed by atoms with Gasteiger partial charge in [-0.05, 0) is 31.4 Å². The minimum absolute atomic E-state index is 0.180. The highest BCUT2D eigenvalue weighted by Gasteiger charge is 2.24. The van der Waals surface area contributed by atoms with Gasteiger partial charge in [0.2, 0.25) is 5.91 Å². The molecule has 1 atom stereocenters. The predicted molar refractivity (Wildman–Crippen MR) is 93.1 cm³/mol. The van der Waals surface area contributed by atoms with Crippen LogP contribution in [-0.4, -0.2) is 67.7 Å². The van der Waals surface area contributed by atoms with Gasteiger partial charge in [-0.3, -0.25) is 9.69 Å². The third-order valence-corrected chi connectivity index (χ3v) is 4.81. The fourth-order valence-corrected chi connectivity index (χ4v) is 3.38. The van der Waals surface area contributed by atoms with Gasteiger partial charge in [0.1, 0.15) is 11.6 Å². The van der Waals surface area contributed by atoms with Gasteiger partial charge in [0.05, 0.1) is 12.7 Å². The number of carbonyl (C=O) groups excluding carboxylic acids is 1. The number of piperazine rings is 1. The summed E-state index contributed by atoms with van der Waals surface area (Å²) in [6.45, 7) is 5.72. The largest absolute Gasteiger partial charge is 0.493 e. The molecular weight excluding hydrogens is 323 g/mol. The Kier molecular flexibility index (Phi) is 6.64. The van der Waals surface area contributed by atoms with Crippen molar-refractivity contribution in [2.75, 3.05) is 45.9 Å². The van der Waals surface area contributed by atoms with E-state index in [0.717, 1.165) is 45.8 Å². The monoisotopic (exact) mass is 350 g/mol. The summed E-state index contributed by atoms with van der Waals surface area (Å²) in [5, 5.41) is 0. The molecule has 0 N–H and O–H groups in total. The van der Waals surface area contributed by atoms with Crippen LogP contribution in [0, 0.1) is 5.82 Å². The zero-order chi connectivity index (χ0) is 17.5. The molecule has 2 fully saturated rings. The van der Waals surface area contributed by atoms with E-state index >= 15 is 0 Å². The Morgan fingerprint density at radius 1 is 1.28 bits per heavy atom. The molecule has 0 aromatic heterocycles. The highest BCUT2D eigenvalue weighted by molar-refractivity contribution is 5.76. The topological polar surface area (TPSA) is 42.0 Å². The van der Waals surface area contributed by atoms with Crippen molar-refractivity contribution in [3.05, 3.63) is 30.1 Å². The SMILES string of the molecule is O=C(CCCOc1cccc(F)c1)N1CCN(CC2CCCO2)CC1. The van der Waals surface area contributed by atoms with Crippen LogP contribution in [0.1, 0.15) is 25.7 Å². The second-order valence-corrected chi connectivity index (χ2v) is 6.73. The summed E-state index contributed by atoms with van der Waals surface area (Å²) in [6.07, 6.45) is 3.82. The maximum absolute atomic E-state index is 13.1. The van der Waals surface area contributed by atoms with E-state index in [1.165, 1.54) is 18.6 Å². The summed E-state index contributed by atoms with van der Waals surface area (Å²) in [7, 11) is 0. The van der Waals surface area contributed by atoms with Gasteiger partial charge >= 0.3 is 0 Å². The third kappa shape index (κ3) is 5.68. The minimum Gasteiger partial charge on any atom is -0.493 e. The molecule has 2 aliphatic heterocycles. The number of carbonyl (C=O) groups is 1. The molecule has 25 heavy (non-hydrogen) atoms. The van der Waals surface area contributed by atoms with Crippen LogP contribution in [-0.2, 0) is 9.53 Å². The molecule has 5 nitrogen and oxygen atoms in total.